The fourth-order valence-corrected chi connectivity index (χ4v) is 4.19. The number of hydrogen-bond acceptors (Lipinski definition) is 4. The van der Waals surface area contributed by atoms with Crippen molar-refractivity contribution in [3.63, 3.8) is 0 Å². The third kappa shape index (κ3) is 5.39. The van der Waals surface area contributed by atoms with E-state index in [0.29, 0.717) is 28.7 Å². The van der Waals surface area contributed by atoms with Gasteiger partial charge in [-0.15, -0.1) is 0 Å². The summed E-state index contributed by atoms with van der Waals surface area (Å²) in [5.74, 6) is 0.0198. The van der Waals surface area contributed by atoms with Crippen LogP contribution in [0.5, 0.6) is 0 Å². The minimum atomic E-state index is -0.287. The fraction of sp³-hybridized carbons (Fsp3) is 0.450. The first-order valence-corrected chi connectivity index (χ1v) is 10.7. The molecule has 2 rings (SSSR count). The lowest BCUT2D eigenvalue weighted by molar-refractivity contribution is 0.0995. The number of hydrogen-bond donors (Lipinski definition) is 2. The van der Waals surface area contributed by atoms with Gasteiger partial charge in [0.15, 0.2) is 10.9 Å². The lowest BCUT2D eigenvalue weighted by atomic mass is 9.95. The van der Waals surface area contributed by atoms with Crippen molar-refractivity contribution >= 4 is 44.2 Å². The van der Waals surface area contributed by atoms with Crippen LogP contribution >= 0.6 is 27.3 Å². The number of nitrogens with zero attached hydrogens (tertiary/aromatic N) is 1. The van der Waals surface area contributed by atoms with Gasteiger partial charge >= 0.3 is 6.03 Å². The zero-order valence-electron chi connectivity index (χ0n) is 16.5. The Kier molecular flexibility index (Phi) is 7.56. The maximum absolute atomic E-state index is 12.9. The van der Waals surface area contributed by atoms with Gasteiger partial charge in [-0.25, -0.2) is 9.78 Å². The standard InChI is InChI=1S/C20H26BrN3O2S/c1-6-7-8-22-19(26)24-20-23-14(5)18(27-20)16(25)10-15-11(2)9-12(3)17(21)13(15)4/h9H,6-8,10H2,1-5H3,(H2,22,23,24,26). The SMILES string of the molecule is CCCCNC(=O)Nc1nc(C)c(C(=O)Cc2c(C)cc(C)c(Br)c2C)s1. The minimum Gasteiger partial charge on any atom is -0.338 e. The Labute approximate surface area is 173 Å². The van der Waals surface area contributed by atoms with E-state index in [-0.39, 0.29) is 11.8 Å². The van der Waals surface area contributed by atoms with Crippen molar-refractivity contribution < 1.29 is 9.59 Å². The molecule has 0 unspecified atom stereocenters. The molecule has 146 valence electrons. The van der Waals surface area contributed by atoms with E-state index in [4.69, 9.17) is 0 Å². The van der Waals surface area contributed by atoms with Crippen molar-refractivity contribution in [3.05, 3.63) is 43.4 Å². The molecule has 0 aliphatic heterocycles. The Bertz CT molecular complexity index is 861. The van der Waals surface area contributed by atoms with E-state index in [9.17, 15) is 9.59 Å². The van der Waals surface area contributed by atoms with E-state index in [1.54, 1.807) is 6.92 Å². The summed E-state index contributed by atoms with van der Waals surface area (Å²) in [4.78, 5) is 29.7. The summed E-state index contributed by atoms with van der Waals surface area (Å²) >= 11 is 4.84. The van der Waals surface area contributed by atoms with Crippen molar-refractivity contribution in [3.8, 4) is 0 Å². The summed E-state index contributed by atoms with van der Waals surface area (Å²) in [5.41, 5.74) is 5.05. The highest BCUT2D eigenvalue weighted by molar-refractivity contribution is 9.10. The molecule has 0 aliphatic carbocycles. The lowest BCUT2D eigenvalue weighted by Gasteiger charge is -2.13. The monoisotopic (exact) mass is 451 g/mol. The number of carbonyl (C=O) groups excluding carboxylic acids is 2. The number of thiazole rings is 1. The Morgan fingerprint density at radius 3 is 2.56 bits per heavy atom. The number of urea groups is 1. The number of halogens is 1. The minimum absolute atomic E-state index is 0.0198. The number of Topliss-reactive ketones (excluding diaryl/α,β-unsaturated/α-hetero) is 1. The average Bonchev–Trinajstić information content (AvgIpc) is 2.97. The first-order chi connectivity index (χ1) is 12.7. The van der Waals surface area contributed by atoms with Gasteiger partial charge in [0.25, 0.3) is 0 Å². The molecule has 2 N–H and O–H groups in total. The van der Waals surface area contributed by atoms with Crippen LogP contribution in [-0.4, -0.2) is 23.3 Å². The number of aromatic nitrogens is 1. The normalized spacial score (nSPS) is 10.7. The second-order valence-electron chi connectivity index (χ2n) is 6.70. The molecule has 0 saturated heterocycles. The van der Waals surface area contributed by atoms with Crippen molar-refractivity contribution in [1.82, 2.24) is 10.3 Å². The smallest absolute Gasteiger partial charge is 0.321 e. The number of nitrogens with one attached hydrogen (secondary N) is 2. The summed E-state index contributed by atoms with van der Waals surface area (Å²) < 4.78 is 1.04. The molecule has 0 saturated carbocycles. The Morgan fingerprint density at radius 1 is 1.19 bits per heavy atom. The van der Waals surface area contributed by atoms with Crippen LogP contribution in [0.4, 0.5) is 9.93 Å². The molecule has 1 aromatic heterocycles. The second kappa shape index (κ2) is 9.46. The molecule has 27 heavy (non-hydrogen) atoms. The van der Waals surface area contributed by atoms with E-state index in [0.717, 1.165) is 39.6 Å². The summed E-state index contributed by atoms with van der Waals surface area (Å²) in [6.07, 6.45) is 2.27. The fourth-order valence-electron chi connectivity index (χ4n) is 2.94. The maximum Gasteiger partial charge on any atom is 0.321 e. The van der Waals surface area contributed by atoms with E-state index in [1.165, 1.54) is 11.3 Å². The van der Waals surface area contributed by atoms with Gasteiger partial charge < -0.3 is 5.32 Å². The number of ketones is 1. The van der Waals surface area contributed by atoms with Gasteiger partial charge in [-0.2, -0.15) is 0 Å². The van der Waals surface area contributed by atoms with Crippen LogP contribution in [0.25, 0.3) is 0 Å². The molecule has 0 radical (unpaired) electrons. The Morgan fingerprint density at radius 2 is 1.89 bits per heavy atom. The summed E-state index contributed by atoms with van der Waals surface area (Å²) in [6.45, 7) is 10.6. The van der Waals surface area contributed by atoms with Crippen LogP contribution in [0, 0.1) is 27.7 Å². The largest absolute Gasteiger partial charge is 0.338 e. The average molecular weight is 452 g/mol. The van der Waals surface area contributed by atoms with E-state index >= 15 is 0 Å². The predicted octanol–water partition coefficient (Wildman–Crippen LogP) is 5.49. The zero-order chi connectivity index (χ0) is 20.1. The molecular weight excluding hydrogens is 426 g/mol. The second-order valence-corrected chi connectivity index (χ2v) is 8.49. The van der Waals surface area contributed by atoms with Crippen LogP contribution in [0.3, 0.4) is 0 Å². The Balaban J connectivity index is 2.13. The maximum atomic E-state index is 12.9. The zero-order valence-corrected chi connectivity index (χ0v) is 18.9. The van der Waals surface area contributed by atoms with Gasteiger partial charge in [0, 0.05) is 17.4 Å². The number of unbranched alkanes of at least 4 members (excludes halogenated alkanes) is 1. The van der Waals surface area contributed by atoms with Crippen molar-refractivity contribution in [2.75, 3.05) is 11.9 Å². The number of anilines is 1. The molecule has 1 aromatic carbocycles. The molecule has 0 bridgehead atoms. The topological polar surface area (TPSA) is 71.1 Å². The van der Waals surface area contributed by atoms with Gasteiger partial charge in [0.05, 0.1) is 10.6 Å². The number of rotatable bonds is 7. The van der Waals surface area contributed by atoms with Gasteiger partial charge in [0.2, 0.25) is 0 Å². The quantitative estimate of drug-likeness (QED) is 0.431. The van der Waals surface area contributed by atoms with E-state index < -0.39 is 0 Å². The highest BCUT2D eigenvalue weighted by Crippen LogP contribution is 2.30. The number of aryl methyl sites for hydroxylation is 3. The van der Waals surface area contributed by atoms with E-state index in [1.807, 2.05) is 20.8 Å². The third-order valence-electron chi connectivity index (χ3n) is 4.46. The van der Waals surface area contributed by atoms with Gasteiger partial charge in [-0.3, -0.25) is 10.1 Å². The van der Waals surface area contributed by atoms with Crippen LogP contribution in [-0.2, 0) is 6.42 Å². The first-order valence-electron chi connectivity index (χ1n) is 9.05. The number of benzene rings is 1. The molecular formula is C20H26BrN3O2S. The summed E-state index contributed by atoms with van der Waals surface area (Å²) in [7, 11) is 0. The molecule has 0 aliphatic rings. The van der Waals surface area contributed by atoms with E-state index in [2.05, 4.69) is 44.5 Å². The van der Waals surface area contributed by atoms with Crippen LogP contribution in [0.1, 0.15) is 57.4 Å². The van der Waals surface area contributed by atoms with Crippen molar-refractivity contribution in [1.29, 1.82) is 0 Å². The number of amides is 2. The molecule has 5 nitrogen and oxygen atoms in total. The lowest BCUT2D eigenvalue weighted by Crippen LogP contribution is -2.29. The molecule has 2 amide bonds. The van der Waals surface area contributed by atoms with Gasteiger partial charge in [-0.05, 0) is 56.4 Å². The summed E-state index contributed by atoms with van der Waals surface area (Å²) in [5, 5.41) is 5.95. The van der Waals surface area contributed by atoms with Crippen molar-refractivity contribution in [2.45, 2.75) is 53.9 Å². The first kappa shape index (κ1) is 21.6. The van der Waals surface area contributed by atoms with Crippen LogP contribution in [0.2, 0.25) is 0 Å². The highest BCUT2D eigenvalue weighted by atomic mass is 79.9. The molecule has 1 heterocycles. The third-order valence-corrected chi connectivity index (χ3v) is 6.79. The number of carbonyl (C=O) groups is 2. The van der Waals surface area contributed by atoms with Crippen LogP contribution in [0.15, 0.2) is 10.5 Å². The highest BCUT2D eigenvalue weighted by Gasteiger charge is 2.19. The van der Waals surface area contributed by atoms with Gasteiger partial charge in [0.1, 0.15) is 0 Å². The molecule has 0 fully saturated rings. The predicted molar refractivity (Wildman–Crippen MR) is 115 cm³/mol. The molecule has 2 aromatic rings. The molecule has 0 atom stereocenters. The van der Waals surface area contributed by atoms with Crippen molar-refractivity contribution in [2.24, 2.45) is 0 Å². The summed E-state index contributed by atoms with van der Waals surface area (Å²) in [6, 6.07) is 1.80. The Hall–Kier alpha value is -1.73. The van der Waals surface area contributed by atoms with Crippen LogP contribution < -0.4 is 10.6 Å². The molecule has 0 spiro atoms. The molecule has 7 heteroatoms. The van der Waals surface area contributed by atoms with Gasteiger partial charge in [-0.1, -0.05) is 46.7 Å².